The molecule has 3 nitrogen and oxygen atoms in total. The number of pyridine rings is 1. The standard InChI is InChI=1S/C20H24BrNO2/c1-12-19-17(9-8-15-7-6-14(21)11-22-15)16-5-3-2-4-13(16)10-18(19)20(23)24-12/h6-9,11-13,16-19H,2-5,10H2,1H3/t12-,13+,16-,17+,18-,19+/m1/s1. The molecule has 3 fully saturated rings. The number of ether oxygens (including phenoxy) is 1. The number of fused-ring (bicyclic) bond motifs is 2. The van der Waals surface area contributed by atoms with Crippen LogP contribution in [0.15, 0.2) is 28.9 Å². The molecular formula is C20H24BrNO2. The molecule has 0 N–H and O–H groups in total. The highest BCUT2D eigenvalue weighted by molar-refractivity contribution is 9.10. The van der Waals surface area contributed by atoms with E-state index in [-0.39, 0.29) is 18.0 Å². The molecule has 0 spiro atoms. The number of nitrogens with zero attached hydrogens (tertiary/aromatic N) is 1. The van der Waals surface area contributed by atoms with Crippen LogP contribution < -0.4 is 0 Å². The molecule has 2 heterocycles. The normalized spacial score (nSPS) is 38.7. The van der Waals surface area contributed by atoms with Crippen LogP contribution in [0.25, 0.3) is 6.08 Å². The Morgan fingerprint density at radius 1 is 1.29 bits per heavy atom. The van der Waals surface area contributed by atoms with E-state index in [1.54, 1.807) is 0 Å². The Kier molecular flexibility index (Phi) is 4.50. The molecule has 128 valence electrons. The summed E-state index contributed by atoms with van der Waals surface area (Å²) in [5, 5.41) is 0. The summed E-state index contributed by atoms with van der Waals surface area (Å²) in [4.78, 5) is 16.7. The van der Waals surface area contributed by atoms with Crippen LogP contribution in [-0.4, -0.2) is 17.1 Å². The Bertz CT molecular complexity index is 642. The first kappa shape index (κ1) is 16.3. The number of aromatic nitrogens is 1. The summed E-state index contributed by atoms with van der Waals surface area (Å²) in [6, 6.07) is 4.05. The van der Waals surface area contributed by atoms with Gasteiger partial charge in [-0.1, -0.05) is 25.3 Å². The van der Waals surface area contributed by atoms with Gasteiger partial charge in [-0.2, -0.15) is 0 Å². The van der Waals surface area contributed by atoms with Crippen molar-refractivity contribution < 1.29 is 9.53 Å². The molecule has 4 rings (SSSR count). The number of carbonyl (C=O) groups excluding carboxylic acids is 1. The molecule has 0 bridgehead atoms. The summed E-state index contributed by atoms with van der Waals surface area (Å²) in [6.45, 7) is 2.07. The molecule has 1 aliphatic heterocycles. The van der Waals surface area contributed by atoms with Gasteiger partial charge in [-0.15, -0.1) is 0 Å². The van der Waals surface area contributed by atoms with E-state index in [0.717, 1.165) is 16.6 Å². The fraction of sp³-hybridized carbons (Fsp3) is 0.600. The van der Waals surface area contributed by atoms with Crippen LogP contribution in [0.4, 0.5) is 0 Å². The van der Waals surface area contributed by atoms with Crippen molar-refractivity contribution >= 4 is 28.0 Å². The smallest absolute Gasteiger partial charge is 0.309 e. The maximum absolute atomic E-state index is 12.3. The maximum Gasteiger partial charge on any atom is 0.309 e. The van der Waals surface area contributed by atoms with E-state index in [9.17, 15) is 4.79 Å². The fourth-order valence-corrected chi connectivity index (χ4v) is 5.52. The van der Waals surface area contributed by atoms with Crippen molar-refractivity contribution in [2.24, 2.45) is 29.6 Å². The number of hydrogen-bond donors (Lipinski definition) is 0. The maximum atomic E-state index is 12.3. The molecular weight excluding hydrogens is 366 g/mol. The molecule has 0 amide bonds. The van der Waals surface area contributed by atoms with Gasteiger partial charge in [-0.3, -0.25) is 9.78 Å². The van der Waals surface area contributed by atoms with Gasteiger partial charge in [-0.25, -0.2) is 0 Å². The molecule has 24 heavy (non-hydrogen) atoms. The second-order valence-corrected chi connectivity index (χ2v) is 8.52. The first-order valence-electron chi connectivity index (χ1n) is 9.14. The lowest BCUT2D eigenvalue weighted by atomic mass is 9.57. The van der Waals surface area contributed by atoms with Crippen molar-refractivity contribution in [3.63, 3.8) is 0 Å². The predicted octanol–water partition coefficient (Wildman–Crippen LogP) is 4.86. The van der Waals surface area contributed by atoms with Gasteiger partial charge in [0.05, 0.1) is 11.6 Å². The van der Waals surface area contributed by atoms with E-state index in [0.29, 0.717) is 23.7 Å². The monoisotopic (exact) mass is 389 g/mol. The van der Waals surface area contributed by atoms with Crippen LogP contribution in [0.5, 0.6) is 0 Å². The molecule has 1 aromatic rings. The number of carbonyl (C=O) groups is 1. The van der Waals surface area contributed by atoms with Gasteiger partial charge in [0, 0.05) is 16.6 Å². The predicted molar refractivity (Wildman–Crippen MR) is 97.1 cm³/mol. The van der Waals surface area contributed by atoms with Gasteiger partial charge in [0.25, 0.3) is 0 Å². The highest BCUT2D eigenvalue weighted by Gasteiger charge is 2.53. The topological polar surface area (TPSA) is 39.2 Å². The number of hydrogen-bond acceptors (Lipinski definition) is 3. The number of allylic oxidation sites excluding steroid dienone is 1. The van der Waals surface area contributed by atoms with Crippen LogP contribution in [0.2, 0.25) is 0 Å². The highest BCUT2D eigenvalue weighted by Crippen LogP contribution is 2.53. The van der Waals surface area contributed by atoms with Crippen molar-refractivity contribution in [3.8, 4) is 0 Å². The SMILES string of the molecule is C[C@H]1OC(=O)[C@@H]2C[C@@H]3CCCC[C@H]3[C@H](C=Cc3ccc(Br)cn3)[C@H]12. The average Bonchev–Trinajstić information content (AvgIpc) is 2.87. The van der Waals surface area contributed by atoms with Crippen molar-refractivity contribution in [1.29, 1.82) is 0 Å². The quantitative estimate of drug-likeness (QED) is 0.677. The summed E-state index contributed by atoms with van der Waals surface area (Å²) < 4.78 is 6.61. The van der Waals surface area contributed by atoms with Crippen molar-refractivity contribution in [1.82, 2.24) is 4.98 Å². The molecule has 0 aromatic carbocycles. The Balaban J connectivity index is 1.63. The molecule has 1 saturated heterocycles. The zero-order valence-corrected chi connectivity index (χ0v) is 15.6. The van der Waals surface area contributed by atoms with Crippen molar-refractivity contribution in [3.05, 3.63) is 34.6 Å². The Labute approximate surface area is 152 Å². The zero-order valence-electron chi connectivity index (χ0n) is 14.0. The molecule has 3 aliphatic rings. The number of esters is 1. The lowest BCUT2D eigenvalue weighted by molar-refractivity contribution is -0.144. The zero-order chi connectivity index (χ0) is 16.7. The summed E-state index contributed by atoms with van der Waals surface area (Å²) in [6.07, 6.45) is 12.6. The minimum absolute atomic E-state index is 0.0386. The fourth-order valence-electron chi connectivity index (χ4n) is 5.28. The van der Waals surface area contributed by atoms with E-state index in [1.807, 2.05) is 18.3 Å². The van der Waals surface area contributed by atoms with Gasteiger partial charge < -0.3 is 4.74 Å². The minimum Gasteiger partial charge on any atom is -0.462 e. The first-order chi connectivity index (χ1) is 11.6. The van der Waals surface area contributed by atoms with Crippen LogP contribution in [-0.2, 0) is 9.53 Å². The second-order valence-electron chi connectivity index (χ2n) is 7.61. The van der Waals surface area contributed by atoms with Gasteiger partial charge >= 0.3 is 5.97 Å². The lowest BCUT2D eigenvalue weighted by Gasteiger charge is -2.45. The van der Waals surface area contributed by atoms with Crippen molar-refractivity contribution in [2.45, 2.75) is 45.1 Å². The van der Waals surface area contributed by atoms with Crippen LogP contribution in [0.3, 0.4) is 0 Å². The Hall–Kier alpha value is -1.16. The third-order valence-electron chi connectivity index (χ3n) is 6.31. The third kappa shape index (κ3) is 2.94. The van der Waals surface area contributed by atoms with E-state index < -0.39 is 0 Å². The van der Waals surface area contributed by atoms with E-state index in [2.05, 4.69) is 40.0 Å². The third-order valence-corrected chi connectivity index (χ3v) is 6.78. The summed E-state index contributed by atoms with van der Waals surface area (Å²) in [5.41, 5.74) is 0.977. The van der Waals surface area contributed by atoms with Crippen LogP contribution >= 0.6 is 15.9 Å². The van der Waals surface area contributed by atoms with E-state index in [1.165, 1.54) is 25.7 Å². The lowest BCUT2D eigenvalue weighted by Crippen LogP contribution is -2.42. The van der Waals surface area contributed by atoms with Gasteiger partial charge in [0.15, 0.2) is 0 Å². The van der Waals surface area contributed by atoms with Crippen LogP contribution in [0.1, 0.15) is 44.7 Å². The largest absolute Gasteiger partial charge is 0.462 e. The van der Waals surface area contributed by atoms with E-state index >= 15 is 0 Å². The highest BCUT2D eigenvalue weighted by atomic mass is 79.9. The molecule has 2 aliphatic carbocycles. The number of rotatable bonds is 2. The second kappa shape index (κ2) is 6.62. The molecule has 4 heteroatoms. The van der Waals surface area contributed by atoms with Gasteiger partial charge in [0.2, 0.25) is 0 Å². The Morgan fingerprint density at radius 3 is 2.92 bits per heavy atom. The van der Waals surface area contributed by atoms with Crippen LogP contribution in [0, 0.1) is 29.6 Å². The average molecular weight is 390 g/mol. The minimum atomic E-state index is 0.0386. The number of cyclic esters (lactones) is 1. The molecule has 2 saturated carbocycles. The summed E-state index contributed by atoms with van der Waals surface area (Å²) in [5.74, 6) is 2.29. The van der Waals surface area contributed by atoms with E-state index in [4.69, 9.17) is 4.74 Å². The van der Waals surface area contributed by atoms with Gasteiger partial charge in [0.1, 0.15) is 6.10 Å². The molecule has 6 atom stereocenters. The Morgan fingerprint density at radius 2 is 2.12 bits per heavy atom. The number of halogens is 1. The van der Waals surface area contributed by atoms with Gasteiger partial charge in [-0.05, 0) is 71.7 Å². The molecule has 1 aromatic heterocycles. The molecule has 0 radical (unpaired) electrons. The van der Waals surface area contributed by atoms with Crippen molar-refractivity contribution in [2.75, 3.05) is 0 Å². The summed E-state index contributed by atoms with van der Waals surface area (Å²) >= 11 is 3.43. The molecule has 0 unspecified atom stereocenters. The summed E-state index contributed by atoms with van der Waals surface area (Å²) in [7, 11) is 0. The first-order valence-corrected chi connectivity index (χ1v) is 9.93.